The van der Waals surface area contributed by atoms with Gasteiger partial charge in [-0.25, -0.2) is 0 Å². The molecule has 1 aromatic heterocycles. The smallest absolute Gasteiger partial charge is 0.376 e. The van der Waals surface area contributed by atoms with E-state index in [0.29, 0.717) is 5.92 Å². The Morgan fingerprint density at radius 1 is 1.28 bits per heavy atom. The minimum Gasteiger partial charge on any atom is -0.376 e. The molecule has 1 aliphatic carbocycles. The third-order valence-electron chi connectivity index (χ3n) is 5.56. The fraction of sp³-hybridized carbons (Fsp3) is 0.765. The number of alkyl halides is 3. The number of H-pyrrole nitrogens is 1. The maximum absolute atomic E-state index is 13.5. The van der Waals surface area contributed by atoms with Gasteiger partial charge in [-0.15, -0.1) is 0 Å². The minimum absolute atomic E-state index is 0.123. The summed E-state index contributed by atoms with van der Waals surface area (Å²) in [6.07, 6.45) is 0.953. The quantitative estimate of drug-likeness (QED) is 0.761. The van der Waals surface area contributed by atoms with Crippen molar-refractivity contribution in [3.63, 3.8) is 0 Å². The zero-order valence-electron chi connectivity index (χ0n) is 14.2. The first kappa shape index (κ1) is 18.2. The summed E-state index contributed by atoms with van der Waals surface area (Å²) in [5.74, 6) is -0.501. The number of anilines is 1. The predicted octanol–water partition coefficient (Wildman–Crippen LogP) is 3.97. The molecule has 2 heterocycles. The van der Waals surface area contributed by atoms with E-state index in [0.717, 1.165) is 38.5 Å². The first-order valence-corrected chi connectivity index (χ1v) is 8.94. The van der Waals surface area contributed by atoms with Gasteiger partial charge in [-0.3, -0.25) is 9.89 Å². The Kier molecular flexibility index (Phi) is 4.83. The number of rotatable bonds is 4. The van der Waals surface area contributed by atoms with Gasteiger partial charge in [-0.2, -0.15) is 18.3 Å². The van der Waals surface area contributed by atoms with Crippen LogP contribution in [0.4, 0.5) is 19.0 Å². The van der Waals surface area contributed by atoms with E-state index < -0.39 is 24.1 Å². The predicted molar refractivity (Wildman–Crippen MR) is 86.0 cm³/mol. The highest BCUT2D eigenvalue weighted by Crippen LogP contribution is 2.50. The van der Waals surface area contributed by atoms with Gasteiger partial charge in [0.1, 0.15) is 5.82 Å². The standard InChI is InChI=1S/C17H24F3N3O2/c1-2-3-4-10-5-7-11(8-6-10)14-13-15(23-22-14)21-12(24)9-16(13,25)17(18,19)20/h10-11,25H,2-9H2,1H3,(H2,21,22,23,24). The summed E-state index contributed by atoms with van der Waals surface area (Å²) in [5.41, 5.74) is -3.22. The average Bonchev–Trinajstić information content (AvgIpc) is 2.96. The zero-order chi connectivity index (χ0) is 18.2. The number of aromatic nitrogens is 2. The Labute approximate surface area is 144 Å². The number of hydrogen-bond acceptors (Lipinski definition) is 3. The van der Waals surface area contributed by atoms with Gasteiger partial charge in [0.2, 0.25) is 5.91 Å². The molecule has 1 amide bonds. The van der Waals surface area contributed by atoms with Crippen molar-refractivity contribution in [2.24, 2.45) is 5.92 Å². The van der Waals surface area contributed by atoms with E-state index >= 15 is 0 Å². The fourth-order valence-corrected chi connectivity index (χ4v) is 4.12. The van der Waals surface area contributed by atoms with E-state index in [-0.39, 0.29) is 23.0 Å². The number of halogens is 3. The van der Waals surface area contributed by atoms with Crippen molar-refractivity contribution in [1.29, 1.82) is 0 Å². The molecule has 0 saturated heterocycles. The van der Waals surface area contributed by atoms with Gasteiger partial charge in [0.05, 0.1) is 17.7 Å². The van der Waals surface area contributed by atoms with Crippen molar-refractivity contribution < 1.29 is 23.1 Å². The molecular weight excluding hydrogens is 335 g/mol. The van der Waals surface area contributed by atoms with Crippen LogP contribution in [0.2, 0.25) is 0 Å². The number of nitrogens with one attached hydrogen (secondary N) is 2. The first-order valence-electron chi connectivity index (χ1n) is 8.94. The Hall–Kier alpha value is -1.57. The monoisotopic (exact) mass is 359 g/mol. The summed E-state index contributed by atoms with van der Waals surface area (Å²) in [4.78, 5) is 11.6. The molecule has 0 bridgehead atoms. The van der Waals surface area contributed by atoms with E-state index in [1.165, 1.54) is 6.42 Å². The van der Waals surface area contributed by atoms with E-state index in [2.05, 4.69) is 22.4 Å². The van der Waals surface area contributed by atoms with Crippen LogP contribution in [0.1, 0.15) is 75.5 Å². The number of aromatic amines is 1. The summed E-state index contributed by atoms with van der Waals surface area (Å²) in [7, 11) is 0. The molecule has 1 unspecified atom stereocenters. The molecule has 3 N–H and O–H groups in total. The maximum Gasteiger partial charge on any atom is 0.422 e. The van der Waals surface area contributed by atoms with Crippen molar-refractivity contribution in [2.75, 3.05) is 5.32 Å². The van der Waals surface area contributed by atoms with Crippen molar-refractivity contribution >= 4 is 11.7 Å². The third kappa shape index (κ3) is 3.28. The summed E-state index contributed by atoms with van der Waals surface area (Å²) in [5, 5.41) is 19.3. The molecule has 1 atom stereocenters. The maximum atomic E-state index is 13.5. The van der Waals surface area contributed by atoms with Gasteiger partial charge in [-0.1, -0.05) is 26.2 Å². The number of fused-ring (bicyclic) bond motifs is 1. The molecule has 1 aliphatic heterocycles. The summed E-state index contributed by atoms with van der Waals surface area (Å²) in [6.45, 7) is 2.15. The highest BCUT2D eigenvalue weighted by atomic mass is 19.4. The van der Waals surface area contributed by atoms with Crippen LogP contribution < -0.4 is 5.32 Å². The molecule has 0 spiro atoms. The van der Waals surface area contributed by atoms with Crippen LogP contribution in [-0.4, -0.2) is 27.4 Å². The molecule has 1 saturated carbocycles. The second kappa shape index (κ2) is 6.63. The highest BCUT2D eigenvalue weighted by Gasteiger charge is 2.61. The van der Waals surface area contributed by atoms with Crippen LogP contribution in [0.15, 0.2) is 0 Å². The normalized spacial score (nSPS) is 30.0. The van der Waals surface area contributed by atoms with E-state index in [1.54, 1.807) is 0 Å². The van der Waals surface area contributed by atoms with Gasteiger partial charge in [-0.05, 0) is 31.6 Å². The number of aliphatic hydroxyl groups is 1. The highest BCUT2D eigenvalue weighted by molar-refractivity contribution is 5.94. The van der Waals surface area contributed by atoms with E-state index in [1.807, 2.05) is 0 Å². The lowest BCUT2D eigenvalue weighted by Gasteiger charge is -2.35. The van der Waals surface area contributed by atoms with Gasteiger partial charge in [0, 0.05) is 5.92 Å². The minimum atomic E-state index is -4.93. The number of carbonyl (C=O) groups excluding carboxylic acids is 1. The molecule has 1 fully saturated rings. The van der Waals surface area contributed by atoms with Crippen LogP contribution >= 0.6 is 0 Å². The van der Waals surface area contributed by atoms with Crippen LogP contribution in [0, 0.1) is 5.92 Å². The van der Waals surface area contributed by atoms with E-state index in [9.17, 15) is 23.1 Å². The summed E-state index contributed by atoms with van der Waals surface area (Å²) in [6, 6.07) is 0. The third-order valence-corrected chi connectivity index (χ3v) is 5.56. The topological polar surface area (TPSA) is 78.0 Å². The van der Waals surface area contributed by atoms with Gasteiger partial charge in [0.15, 0.2) is 5.60 Å². The Balaban J connectivity index is 1.85. The fourth-order valence-electron chi connectivity index (χ4n) is 4.12. The zero-order valence-corrected chi connectivity index (χ0v) is 14.2. The number of nitrogens with zero attached hydrogens (tertiary/aromatic N) is 1. The first-order chi connectivity index (χ1) is 11.8. The SMILES string of the molecule is CCCCC1CCC(c2n[nH]c3c2C(O)(C(F)(F)F)CC(=O)N3)CC1. The lowest BCUT2D eigenvalue weighted by atomic mass is 9.75. The summed E-state index contributed by atoms with van der Waals surface area (Å²) >= 11 is 0. The molecule has 1 aromatic rings. The summed E-state index contributed by atoms with van der Waals surface area (Å²) < 4.78 is 40.6. The molecule has 0 radical (unpaired) electrons. The second-order valence-corrected chi connectivity index (χ2v) is 7.30. The van der Waals surface area contributed by atoms with E-state index in [4.69, 9.17) is 0 Å². The Morgan fingerprint density at radius 3 is 2.56 bits per heavy atom. The van der Waals surface area contributed by atoms with Crippen molar-refractivity contribution in [3.05, 3.63) is 11.3 Å². The second-order valence-electron chi connectivity index (χ2n) is 7.30. The largest absolute Gasteiger partial charge is 0.422 e. The molecule has 0 aromatic carbocycles. The van der Waals surface area contributed by atoms with Crippen LogP contribution in [0.25, 0.3) is 0 Å². The number of unbranched alkanes of at least 4 members (excludes halogenated alkanes) is 1. The molecule has 8 heteroatoms. The number of carbonyl (C=O) groups is 1. The van der Waals surface area contributed by atoms with Crippen molar-refractivity contribution in [1.82, 2.24) is 10.2 Å². The lowest BCUT2D eigenvalue weighted by Crippen LogP contribution is -2.48. The average molecular weight is 359 g/mol. The Bertz CT molecular complexity index is 636. The van der Waals surface area contributed by atoms with Crippen LogP contribution in [0.5, 0.6) is 0 Å². The molecule has 5 nitrogen and oxygen atoms in total. The number of amides is 1. The van der Waals surface area contributed by atoms with Crippen molar-refractivity contribution in [2.45, 2.75) is 76.0 Å². The number of hydrogen-bond donors (Lipinski definition) is 3. The Morgan fingerprint density at radius 2 is 1.96 bits per heavy atom. The molecular formula is C17H24F3N3O2. The molecule has 25 heavy (non-hydrogen) atoms. The molecule has 140 valence electrons. The molecule has 2 aliphatic rings. The van der Waals surface area contributed by atoms with Gasteiger partial charge < -0.3 is 10.4 Å². The van der Waals surface area contributed by atoms with Crippen LogP contribution in [0.3, 0.4) is 0 Å². The van der Waals surface area contributed by atoms with Crippen LogP contribution in [-0.2, 0) is 10.4 Å². The lowest BCUT2D eigenvalue weighted by molar-refractivity contribution is -0.267. The van der Waals surface area contributed by atoms with Crippen molar-refractivity contribution in [3.8, 4) is 0 Å². The molecule has 3 rings (SSSR count). The van der Waals surface area contributed by atoms with Gasteiger partial charge >= 0.3 is 6.18 Å². The van der Waals surface area contributed by atoms with Gasteiger partial charge in [0.25, 0.3) is 0 Å².